The second kappa shape index (κ2) is 8.66. The van der Waals surface area contributed by atoms with E-state index in [1.165, 1.54) is 24.0 Å². The summed E-state index contributed by atoms with van der Waals surface area (Å²) in [5.74, 6) is 2.23. The van der Waals surface area contributed by atoms with E-state index in [-0.39, 0.29) is 5.82 Å². The van der Waals surface area contributed by atoms with E-state index in [2.05, 4.69) is 42.7 Å². The third-order valence-electron chi connectivity index (χ3n) is 3.80. The van der Waals surface area contributed by atoms with Crippen LogP contribution in [0.25, 0.3) is 0 Å². The number of rotatable bonds is 6. The van der Waals surface area contributed by atoms with E-state index in [4.69, 9.17) is 11.6 Å². The molecule has 118 valence electrons. The van der Waals surface area contributed by atoms with Gasteiger partial charge in [0, 0.05) is 33.1 Å². The van der Waals surface area contributed by atoms with Gasteiger partial charge in [-0.05, 0) is 43.1 Å². The van der Waals surface area contributed by atoms with Crippen LogP contribution in [0.2, 0.25) is 5.02 Å². The molecule has 1 aromatic rings. The normalized spacial score (nSPS) is 24.0. The Morgan fingerprint density at radius 2 is 2.10 bits per heavy atom. The van der Waals surface area contributed by atoms with Crippen LogP contribution in [0.4, 0.5) is 4.39 Å². The van der Waals surface area contributed by atoms with Gasteiger partial charge in [-0.15, -0.1) is 0 Å². The van der Waals surface area contributed by atoms with Crippen molar-refractivity contribution in [2.75, 3.05) is 18.1 Å². The van der Waals surface area contributed by atoms with Gasteiger partial charge in [-0.1, -0.05) is 25.4 Å². The van der Waals surface area contributed by atoms with Crippen LogP contribution in [-0.4, -0.2) is 34.6 Å². The summed E-state index contributed by atoms with van der Waals surface area (Å²) in [7, 11) is 0. The number of hydrogen-bond donors (Lipinski definition) is 1. The lowest BCUT2D eigenvalue weighted by Gasteiger charge is -2.36. The third kappa shape index (κ3) is 4.78. The Balaban J connectivity index is 2.15. The van der Waals surface area contributed by atoms with Crippen molar-refractivity contribution in [1.29, 1.82) is 0 Å². The van der Waals surface area contributed by atoms with Crippen LogP contribution < -0.4 is 5.32 Å². The molecule has 2 rings (SSSR count). The van der Waals surface area contributed by atoms with Gasteiger partial charge in [-0.25, -0.2) is 4.39 Å². The average molecular weight is 348 g/mol. The predicted octanol–water partition coefficient (Wildman–Crippen LogP) is 4.63. The molecule has 1 fully saturated rings. The van der Waals surface area contributed by atoms with Crippen LogP contribution in [0.3, 0.4) is 0 Å². The Labute approximate surface area is 140 Å². The first-order chi connectivity index (χ1) is 10.2. The molecule has 1 aliphatic heterocycles. The summed E-state index contributed by atoms with van der Waals surface area (Å²) in [4.78, 5) is 0. The topological polar surface area (TPSA) is 12.0 Å². The Bertz CT molecular complexity index is 458. The summed E-state index contributed by atoms with van der Waals surface area (Å²) in [5.41, 5.74) is 0.911. The number of halogens is 2. The van der Waals surface area contributed by atoms with Gasteiger partial charge in [-0.3, -0.25) is 0 Å². The SMILES string of the molecule is CCNC(Cc1cc(F)ccc1Cl)C1SCCSC1CC. The van der Waals surface area contributed by atoms with E-state index >= 15 is 0 Å². The molecule has 21 heavy (non-hydrogen) atoms. The van der Waals surface area contributed by atoms with Crippen molar-refractivity contribution >= 4 is 35.1 Å². The summed E-state index contributed by atoms with van der Waals surface area (Å²) in [6, 6.07) is 5.01. The summed E-state index contributed by atoms with van der Waals surface area (Å²) in [6.07, 6.45) is 1.97. The minimum absolute atomic E-state index is 0.206. The van der Waals surface area contributed by atoms with E-state index < -0.39 is 0 Å². The third-order valence-corrected chi connectivity index (χ3v) is 7.58. The van der Waals surface area contributed by atoms with E-state index in [1.54, 1.807) is 12.1 Å². The lowest BCUT2D eigenvalue weighted by atomic mass is 10.00. The molecular formula is C16H23ClFNS2. The van der Waals surface area contributed by atoms with Gasteiger partial charge in [0.15, 0.2) is 0 Å². The molecule has 0 amide bonds. The number of thioether (sulfide) groups is 2. The van der Waals surface area contributed by atoms with Crippen LogP contribution in [0, 0.1) is 5.82 Å². The monoisotopic (exact) mass is 347 g/mol. The zero-order valence-corrected chi connectivity index (χ0v) is 15.0. The number of hydrogen-bond acceptors (Lipinski definition) is 3. The number of nitrogens with one attached hydrogen (secondary N) is 1. The fourth-order valence-electron chi connectivity index (χ4n) is 2.81. The summed E-state index contributed by atoms with van der Waals surface area (Å²) in [5, 5.41) is 5.49. The zero-order chi connectivity index (χ0) is 15.2. The molecule has 0 radical (unpaired) electrons. The van der Waals surface area contributed by atoms with Gasteiger partial charge in [0.1, 0.15) is 5.82 Å². The summed E-state index contributed by atoms with van der Waals surface area (Å²) >= 11 is 10.4. The first-order valence-electron chi connectivity index (χ1n) is 7.56. The lowest BCUT2D eigenvalue weighted by molar-refractivity contribution is 0.489. The van der Waals surface area contributed by atoms with Crippen molar-refractivity contribution < 1.29 is 4.39 Å². The van der Waals surface area contributed by atoms with E-state index in [0.29, 0.717) is 21.6 Å². The molecule has 3 atom stereocenters. The number of benzene rings is 1. The second-order valence-electron chi connectivity index (χ2n) is 5.26. The molecule has 1 N–H and O–H groups in total. The molecule has 3 unspecified atom stereocenters. The molecule has 1 saturated heterocycles. The molecule has 1 aromatic carbocycles. The Kier molecular flexibility index (Phi) is 7.20. The van der Waals surface area contributed by atoms with Crippen molar-refractivity contribution in [2.24, 2.45) is 0 Å². The smallest absolute Gasteiger partial charge is 0.123 e. The molecule has 0 saturated carbocycles. The van der Waals surface area contributed by atoms with Gasteiger partial charge < -0.3 is 5.32 Å². The molecule has 0 aromatic heterocycles. The zero-order valence-electron chi connectivity index (χ0n) is 12.6. The van der Waals surface area contributed by atoms with Gasteiger partial charge >= 0.3 is 0 Å². The molecule has 1 aliphatic rings. The van der Waals surface area contributed by atoms with Crippen molar-refractivity contribution in [1.82, 2.24) is 5.32 Å². The van der Waals surface area contributed by atoms with E-state index in [9.17, 15) is 4.39 Å². The number of likely N-dealkylation sites (N-methyl/N-ethyl adjacent to an activating group) is 1. The molecule has 1 heterocycles. The van der Waals surface area contributed by atoms with Crippen molar-refractivity contribution in [2.45, 2.75) is 43.2 Å². The molecule has 0 bridgehead atoms. The van der Waals surface area contributed by atoms with Gasteiger partial charge in [0.2, 0.25) is 0 Å². The first-order valence-corrected chi connectivity index (χ1v) is 10.0. The Morgan fingerprint density at radius 3 is 2.81 bits per heavy atom. The largest absolute Gasteiger partial charge is 0.313 e. The molecule has 1 nitrogen and oxygen atoms in total. The molecule has 0 aliphatic carbocycles. The fraction of sp³-hybridized carbons (Fsp3) is 0.625. The summed E-state index contributed by atoms with van der Waals surface area (Å²) in [6.45, 7) is 5.31. The highest BCUT2D eigenvalue weighted by Crippen LogP contribution is 2.36. The van der Waals surface area contributed by atoms with E-state index in [0.717, 1.165) is 18.5 Å². The Hall–Kier alpha value is 0.1000. The highest BCUT2D eigenvalue weighted by molar-refractivity contribution is 8.07. The minimum atomic E-state index is -0.206. The molecule has 0 spiro atoms. The Morgan fingerprint density at radius 1 is 1.33 bits per heavy atom. The van der Waals surface area contributed by atoms with Crippen LogP contribution in [0.1, 0.15) is 25.8 Å². The van der Waals surface area contributed by atoms with Crippen LogP contribution >= 0.6 is 35.1 Å². The van der Waals surface area contributed by atoms with Crippen LogP contribution in [0.5, 0.6) is 0 Å². The maximum absolute atomic E-state index is 13.5. The maximum atomic E-state index is 13.5. The predicted molar refractivity (Wildman–Crippen MR) is 95.4 cm³/mol. The van der Waals surface area contributed by atoms with Gasteiger partial charge in [-0.2, -0.15) is 23.5 Å². The molecular weight excluding hydrogens is 325 g/mol. The van der Waals surface area contributed by atoms with Gasteiger partial charge in [0.05, 0.1) is 0 Å². The minimum Gasteiger partial charge on any atom is -0.313 e. The fourth-order valence-corrected chi connectivity index (χ4v) is 6.27. The second-order valence-corrected chi connectivity index (χ2v) is 8.30. The highest BCUT2D eigenvalue weighted by atomic mass is 35.5. The van der Waals surface area contributed by atoms with Crippen molar-refractivity contribution in [3.8, 4) is 0 Å². The average Bonchev–Trinajstić information content (AvgIpc) is 2.50. The van der Waals surface area contributed by atoms with Crippen molar-refractivity contribution in [3.05, 3.63) is 34.6 Å². The van der Waals surface area contributed by atoms with Gasteiger partial charge in [0.25, 0.3) is 0 Å². The first kappa shape index (κ1) is 17.5. The lowest BCUT2D eigenvalue weighted by Crippen LogP contribution is -2.46. The maximum Gasteiger partial charge on any atom is 0.123 e. The molecule has 5 heteroatoms. The quantitative estimate of drug-likeness (QED) is 0.806. The summed E-state index contributed by atoms with van der Waals surface area (Å²) < 4.78 is 13.5. The van der Waals surface area contributed by atoms with Crippen LogP contribution in [0.15, 0.2) is 18.2 Å². The van der Waals surface area contributed by atoms with E-state index in [1.807, 2.05) is 0 Å². The van der Waals surface area contributed by atoms with Crippen molar-refractivity contribution in [3.63, 3.8) is 0 Å². The highest BCUT2D eigenvalue weighted by Gasteiger charge is 2.32. The van der Waals surface area contributed by atoms with Crippen LogP contribution in [-0.2, 0) is 6.42 Å². The standard InChI is InChI=1S/C16H23ClFNS2/c1-3-15-16(21-8-7-20-15)14(19-4-2)10-11-9-12(18)5-6-13(11)17/h5-6,9,14-16,19H,3-4,7-8,10H2,1-2H3.